The minimum absolute atomic E-state index is 0.0276. The molecule has 0 aliphatic heterocycles. The molecule has 0 fully saturated rings. The van der Waals surface area contributed by atoms with Crippen molar-refractivity contribution < 1.29 is 24.5 Å². The van der Waals surface area contributed by atoms with Crippen LogP contribution in [0, 0.1) is 0 Å². The Morgan fingerprint density at radius 2 is 0.949 bits per heavy atom. The molecule has 0 spiro atoms. The van der Waals surface area contributed by atoms with Crippen molar-refractivity contribution in [2.75, 3.05) is 6.61 Å². The summed E-state index contributed by atoms with van der Waals surface area (Å²) < 4.78 is 5.88. The molecule has 0 aromatic rings. The normalized spacial score (nSPS) is 13.8. The van der Waals surface area contributed by atoms with Gasteiger partial charge in [-0.25, -0.2) is 0 Å². The van der Waals surface area contributed by atoms with Crippen LogP contribution in [0.3, 0.4) is 0 Å². The fourth-order valence-electron chi connectivity index (χ4n) is 7.38. The second-order valence-electron chi connectivity index (χ2n) is 16.9. The van der Waals surface area contributed by atoms with Crippen molar-refractivity contribution in [1.82, 2.24) is 5.32 Å². The Bertz CT molecular complexity index is 1060. The van der Waals surface area contributed by atoms with Gasteiger partial charge >= 0.3 is 5.97 Å². The van der Waals surface area contributed by atoms with E-state index in [1.807, 2.05) is 36.5 Å². The lowest BCUT2D eigenvalue weighted by atomic mass is 10.0. The average molecular weight is 826 g/mol. The van der Waals surface area contributed by atoms with Gasteiger partial charge in [-0.3, -0.25) is 9.59 Å². The molecule has 0 rings (SSSR count). The quantitative estimate of drug-likeness (QED) is 0.0246. The highest BCUT2D eigenvalue weighted by Crippen LogP contribution is 2.17. The van der Waals surface area contributed by atoms with E-state index in [2.05, 4.69) is 50.4 Å². The summed E-state index contributed by atoms with van der Waals surface area (Å²) in [5.74, 6) is -0.551. The largest absolute Gasteiger partial charge is 0.462 e. The number of hydrogen-bond acceptors (Lipinski definition) is 5. The molecule has 0 radical (unpaired) electrons. The Balaban J connectivity index is 4.61. The van der Waals surface area contributed by atoms with Crippen molar-refractivity contribution in [3.05, 3.63) is 60.8 Å². The van der Waals surface area contributed by atoms with Crippen LogP contribution >= 0.6 is 0 Å². The van der Waals surface area contributed by atoms with E-state index in [0.717, 1.165) is 64.2 Å². The Morgan fingerprint density at radius 3 is 1.46 bits per heavy atom. The number of ether oxygens (including phenoxy) is 1. The maximum atomic E-state index is 13.2. The van der Waals surface area contributed by atoms with E-state index in [-0.39, 0.29) is 24.9 Å². The number of unbranched alkanes of at least 4 members (excludes halogenated alkanes) is 25. The van der Waals surface area contributed by atoms with E-state index in [1.165, 1.54) is 128 Å². The Labute approximate surface area is 365 Å². The van der Waals surface area contributed by atoms with Gasteiger partial charge in [0, 0.05) is 6.42 Å². The van der Waals surface area contributed by atoms with Crippen molar-refractivity contribution in [3.8, 4) is 0 Å². The molecule has 59 heavy (non-hydrogen) atoms. The predicted molar refractivity (Wildman–Crippen MR) is 255 cm³/mol. The number of hydrogen-bond donors (Lipinski definition) is 3. The number of esters is 1. The minimum Gasteiger partial charge on any atom is -0.462 e. The van der Waals surface area contributed by atoms with E-state index >= 15 is 0 Å². The Morgan fingerprint density at radius 1 is 0.508 bits per heavy atom. The van der Waals surface area contributed by atoms with Gasteiger partial charge in [0.15, 0.2) is 0 Å². The summed E-state index contributed by atoms with van der Waals surface area (Å²) >= 11 is 0. The van der Waals surface area contributed by atoms with Crippen LogP contribution in [-0.4, -0.2) is 46.9 Å². The number of amides is 1. The van der Waals surface area contributed by atoms with Crippen molar-refractivity contribution in [2.45, 2.75) is 257 Å². The van der Waals surface area contributed by atoms with Crippen LogP contribution in [0.15, 0.2) is 60.8 Å². The highest BCUT2D eigenvalue weighted by molar-refractivity contribution is 5.77. The van der Waals surface area contributed by atoms with Gasteiger partial charge < -0.3 is 20.3 Å². The van der Waals surface area contributed by atoms with Gasteiger partial charge in [-0.05, 0) is 64.2 Å². The summed E-state index contributed by atoms with van der Waals surface area (Å²) in [7, 11) is 0. The summed E-state index contributed by atoms with van der Waals surface area (Å²) in [6, 6.07) is -0.724. The summed E-state index contributed by atoms with van der Waals surface area (Å²) in [5.41, 5.74) is 0. The molecule has 0 saturated heterocycles. The van der Waals surface area contributed by atoms with E-state index in [4.69, 9.17) is 4.74 Å². The third-order valence-corrected chi connectivity index (χ3v) is 11.2. The van der Waals surface area contributed by atoms with Crippen LogP contribution in [0.1, 0.15) is 239 Å². The van der Waals surface area contributed by atoms with Gasteiger partial charge in [0.1, 0.15) is 6.10 Å². The average Bonchev–Trinajstić information content (AvgIpc) is 3.23. The van der Waals surface area contributed by atoms with E-state index in [0.29, 0.717) is 19.3 Å². The highest BCUT2D eigenvalue weighted by Gasteiger charge is 2.24. The lowest BCUT2D eigenvalue weighted by molar-refractivity contribution is -0.151. The first-order valence-corrected chi connectivity index (χ1v) is 25.1. The number of aliphatic hydroxyl groups is 2. The zero-order valence-electron chi connectivity index (χ0n) is 38.9. The first-order chi connectivity index (χ1) is 29.0. The molecule has 3 unspecified atom stereocenters. The molecule has 0 saturated carbocycles. The highest BCUT2D eigenvalue weighted by atomic mass is 16.5. The summed E-state index contributed by atoms with van der Waals surface area (Å²) in [6.45, 7) is 6.31. The lowest BCUT2D eigenvalue weighted by Crippen LogP contribution is -2.46. The number of allylic oxidation sites excluding steroid dienone is 10. The molecule has 0 bridgehead atoms. The standard InChI is InChI=1S/C53H95NO5/c1-4-7-10-13-16-19-22-24-25-26-28-31-34-37-40-43-46-53(58)59-49(44-41-38-35-32-29-21-18-15-12-9-6-3)47-52(57)54-50(48-55)51(56)45-42-39-36-33-30-27-23-20-17-14-11-8-5-2/h9,12,15,18,21,25-26,29,32,35,49-51,55-56H,4-8,10-11,13-14,16-17,19-20,22-24,27-28,30-31,33-34,36-48H2,1-3H3,(H,54,57)/b12-9+,18-15+,26-25+,29-21-,35-32-. The number of aliphatic hydroxyl groups excluding tert-OH is 2. The molecule has 3 atom stereocenters. The van der Waals surface area contributed by atoms with E-state index in [9.17, 15) is 19.8 Å². The summed E-state index contributed by atoms with van der Waals surface area (Å²) in [5, 5.41) is 23.7. The number of nitrogens with one attached hydrogen (secondary N) is 1. The molecule has 0 aromatic carbocycles. The van der Waals surface area contributed by atoms with Crippen molar-refractivity contribution in [1.29, 1.82) is 0 Å². The molecule has 0 aliphatic rings. The van der Waals surface area contributed by atoms with Crippen LogP contribution in [0.4, 0.5) is 0 Å². The zero-order chi connectivity index (χ0) is 43.1. The first-order valence-electron chi connectivity index (χ1n) is 25.1. The molecule has 0 aromatic heterocycles. The molecule has 342 valence electrons. The van der Waals surface area contributed by atoms with Gasteiger partial charge in [0.25, 0.3) is 0 Å². The number of rotatable bonds is 44. The second kappa shape index (κ2) is 46.6. The van der Waals surface area contributed by atoms with Gasteiger partial charge in [0.2, 0.25) is 5.91 Å². The van der Waals surface area contributed by atoms with Crippen LogP contribution < -0.4 is 5.32 Å². The van der Waals surface area contributed by atoms with Crippen molar-refractivity contribution >= 4 is 11.9 Å². The predicted octanol–water partition coefficient (Wildman–Crippen LogP) is 14.8. The first kappa shape index (κ1) is 56.6. The molecule has 6 nitrogen and oxygen atoms in total. The minimum atomic E-state index is -0.806. The monoisotopic (exact) mass is 826 g/mol. The molecule has 1 amide bonds. The van der Waals surface area contributed by atoms with E-state index < -0.39 is 18.2 Å². The molecule has 3 N–H and O–H groups in total. The van der Waals surface area contributed by atoms with Crippen LogP contribution in [-0.2, 0) is 14.3 Å². The van der Waals surface area contributed by atoms with Crippen LogP contribution in [0.25, 0.3) is 0 Å². The molecular weight excluding hydrogens is 731 g/mol. The maximum absolute atomic E-state index is 13.2. The van der Waals surface area contributed by atoms with Crippen LogP contribution in [0.2, 0.25) is 0 Å². The third-order valence-electron chi connectivity index (χ3n) is 11.2. The Kier molecular flexibility index (Phi) is 44.7. The van der Waals surface area contributed by atoms with Crippen molar-refractivity contribution in [2.24, 2.45) is 0 Å². The topological polar surface area (TPSA) is 95.9 Å². The fourth-order valence-corrected chi connectivity index (χ4v) is 7.38. The Hall–Kier alpha value is -2.44. The fraction of sp³-hybridized carbons (Fsp3) is 0.774. The number of carbonyl (C=O) groups is 2. The van der Waals surface area contributed by atoms with Crippen LogP contribution in [0.5, 0.6) is 0 Å². The molecule has 0 heterocycles. The van der Waals surface area contributed by atoms with Gasteiger partial charge in [0.05, 0.1) is 25.2 Å². The molecular formula is C53H95NO5. The van der Waals surface area contributed by atoms with Gasteiger partial charge in [-0.2, -0.15) is 0 Å². The zero-order valence-corrected chi connectivity index (χ0v) is 38.9. The van der Waals surface area contributed by atoms with Gasteiger partial charge in [-0.1, -0.05) is 223 Å². The SMILES string of the molecule is CC/C=C/C=C/C=C\C=C/CCCC(CC(=O)NC(CO)C(O)CCCCCCCCCCCCCCC)OC(=O)CCCCCCC/C=C/CCCCCCCCC. The molecule has 0 aliphatic carbocycles. The van der Waals surface area contributed by atoms with Gasteiger partial charge in [-0.15, -0.1) is 0 Å². The maximum Gasteiger partial charge on any atom is 0.306 e. The lowest BCUT2D eigenvalue weighted by Gasteiger charge is -2.24. The number of carbonyl (C=O) groups excluding carboxylic acids is 2. The summed E-state index contributed by atoms with van der Waals surface area (Å²) in [6.07, 6.45) is 57.2. The second-order valence-corrected chi connectivity index (χ2v) is 16.9. The van der Waals surface area contributed by atoms with Crippen molar-refractivity contribution in [3.63, 3.8) is 0 Å². The van der Waals surface area contributed by atoms with E-state index in [1.54, 1.807) is 0 Å². The smallest absolute Gasteiger partial charge is 0.306 e. The summed E-state index contributed by atoms with van der Waals surface area (Å²) in [4.78, 5) is 26.0. The third kappa shape index (κ3) is 42.1. The molecule has 6 heteroatoms.